The summed E-state index contributed by atoms with van der Waals surface area (Å²) in [6, 6.07) is 17.9. The van der Waals surface area contributed by atoms with Gasteiger partial charge in [0, 0.05) is 9.13 Å². The van der Waals surface area contributed by atoms with Crippen LogP contribution in [0.4, 0.5) is 0 Å². The first-order valence-electron chi connectivity index (χ1n) is 7.17. The maximum Gasteiger partial charge on any atom is 0.251 e. The van der Waals surface area contributed by atoms with E-state index < -0.39 is 0 Å². The molecular formula is C18H20INO. The molecule has 0 saturated heterocycles. The first kappa shape index (κ1) is 16.0. The number of benzene rings is 2. The Kier molecular flexibility index (Phi) is 5.79. The minimum atomic E-state index is -0.0131. The Bertz CT molecular complexity index is 578. The lowest BCUT2D eigenvalue weighted by molar-refractivity contribution is 0.0932. The molecule has 0 heterocycles. The second-order valence-corrected chi connectivity index (χ2v) is 6.82. The van der Waals surface area contributed by atoms with Gasteiger partial charge < -0.3 is 5.32 Å². The normalized spacial score (nSPS) is 12.2. The minimum absolute atomic E-state index is 0.0131. The van der Waals surface area contributed by atoms with Crippen LogP contribution in [0.15, 0.2) is 54.6 Å². The molecule has 1 N–H and O–H groups in total. The Morgan fingerprint density at radius 2 is 1.67 bits per heavy atom. The average molecular weight is 393 g/mol. The fourth-order valence-corrected chi connectivity index (χ4v) is 2.64. The lowest BCUT2D eigenvalue weighted by Gasteiger charge is -2.21. The molecule has 0 spiro atoms. The Balaban J connectivity index is 2.15. The van der Waals surface area contributed by atoms with Crippen molar-refractivity contribution in [1.29, 1.82) is 0 Å². The number of rotatable bonds is 5. The highest BCUT2D eigenvalue weighted by atomic mass is 127. The van der Waals surface area contributed by atoms with Gasteiger partial charge in [0.15, 0.2) is 0 Å². The van der Waals surface area contributed by atoms with Gasteiger partial charge in [0.25, 0.3) is 5.91 Å². The predicted octanol–water partition coefficient (Wildman–Crippen LogP) is 4.81. The highest BCUT2D eigenvalue weighted by Crippen LogP contribution is 2.21. The summed E-state index contributed by atoms with van der Waals surface area (Å²) in [5.41, 5.74) is 1.87. The van der Waals surface area contributed by atoms with E-state index in [1.165, 1.54) is 0 Å². The predicted molar refractivity (Wildman–Crippen MR) is 95.3 cm³/mol. The summed E-state index contributed by atoms with van der Waals surface area (Å²) in [6.45, 7) is 4.35. The standard InChI is InChI=1S/C18H20INO/c1-13(2)12-17(14-6-4-3-5-7-14)20-18(21)15-8-10-16(19)11-9-15/h3-11,13,17H,12H2,1-2H3,(H,20,21). The second kappa shape index (κ2) is 7.59. The highest BCUT2D eigenvalue weighted by molar-refractivity contribution is 14.1. The topological polar surface area (TPSA) is 29.1 Å². The maximum atomic E-state index is 12.4. The average Bonchev–Trinajstić information content (AvgIpc) is 2.47. The van der Waals surface area contributed by atoms with E-state index in [0.29, 0.717) is 11.5 Å². The van der Waals surface area contributed by atoms with Crippen molar-refractivity contribution in [2.75, 3.05) is 0 Å². The van der Waals surface area contributed by atoms with E-state index in [-0.39, 0.29) is 11.9 Å². The third-order valence-corrected chi connectivity index (χ3v) is 4.04. The minimum Gasteiger partial charge on any atom is -0.345 e. The number of halogens is 1. The van der Waals surface area contributed by atoms with Crippen molar-refractivity contribution in [1.82, 2.24) is 5.32 Å². The van der Waals surface area contributed by atoms with Gasteiger partial charge in [-0.05, 0) is 64.8 Å². The molecule has 110 valence electrons. The fraction of sp³-hybridized carbons (Fsp3) is 0.278. The zero-order chi connectivity index (χ0) is 15.2. The summed E-state index contributed by atoms with van der Waals surface area (Å²) in [6.07, 6.45) is 0.931. The fourth-order valence-electron chi connectivity index (χ4n) is 2.28. The molecule has 21 heavy (non-hydrogen) atoms. The van der Waals surface area contributed by atoms with Crippen LogP contribution in [0.3, 0.4) is 0 Å². The highest BCUT2D eigenvalue weighted by Gasteiger charge is 2.16. The van der Waals surface area contributed by atoms with Gasteiger partial charge in [-0.2, -0.15) is 0 Å². The van der Waals surface area contributed by atoms with Crippen molar-refractivity contribution in [3.63, 3.8) is 0 Å². The molecule has 2 nitrogen and oxygen atoms in total. The molecule has 0 aliphatic heterocycles. The molecule has 0 radical (unpaired) electrons. The summed E-state index contributed by atoms with van der Waals surface area (Å²) >= 11 is 2.24. The Hall–Kier alpha value is -1.36. The molecule has 2 rings (SSSR count). The molecule has 1 atom stereocenters. The third kappa shape index (κ3) is 4.84. The molecule has 0 aliphatic carbocycles. The Morgan fingerprint density at radius 1 is 1.05 bits per heavy atom. The smallest absolute Gasteiger partial charge is 0.251 e. The van der Waals surface area contributed by atoms with Gasteiger partial charge >= 0.3 is 0 Å². The largest absolute Gasteiger partial charge is 0.345 e. The molecule has 0 aromatic heterocycles. The molecular weight excluding hydrogens is 373 g/mol. The van der Waals surface area contributed by atoms with Crippen LogP contribution in [0.2, 0.25) is 0 Å². The number of nitrogens with one attached hydrogen (secondary N) is 1. The van der Waals surface area contributed by atoms with Crippen LogP contribution in [0.1, 0.15) is 42.2 Å². The van der Waals surface area contributed by atoms with Crippen molar-refractivity contribution in [3.8, 4) is 0 Å². The van der Waals surface area contributed by atoms with Gasteiger partial charge in [-0.1, -0.05) is 44.2 Å². The number of hydrogen-bond donors (Lipinski definition) is 1. The Morgan fingerprint density at radius 3 is 2.24 bits per heavy atom. The van der Waals surface area contributed by atoms with E-state index in [2.05, 4.69) is 53.9 Å². The van der Waals surface area contributed by atoms with Crippen molar-refractivity contribution in [2.24, 2.45) is 5.92 Å². The molecule has 3 heteroatoms. The lowest BCUT2D eigenvalue weighted by Crippen LogP contribution is -2.29. The maximum absolute atomic E-state index is 12.4. The van der Waals surface area contributed by atoms with Crippen LogP contribution in [-0.2, 0) is 0 Å². The summed E-state index contributed by atoms with van der Waals surface area (Å²) in [5.74, 6) is 0.508. The molecule has 0 fully saturated rings. The molecule has 0 saturated carbocycles. The summed E-state index contributed by atoms with van der Waals surface area (Å²) in [7, 11) is 0. The van der Waals surface area contributed by atoms with Crippen LogP contribution >= 0.6 is 22.6 Å². The molecule has 2 aromatic rings. The van der Waals surface area contributed by atoms with Gasteiger partial charge in [-0.25, -0.2) is 0 Å². The molecule has 1 amide bonds. The van der Waals surface area contributed by atoms with Crippen molar-refractivity contribution < 1.29 is 4.79 Å². The first-order chi connectivity index (χ1) is 10.1. The van der Waals surface area contributed by atoms with Crippen LogP contribution in [0.5, 0.6) is 0 Å². The zero-order valence-electron chi connectivity index (χ0n) is 12.3. The number of amides is 1. The van der Waals surface area contributed by atoms with Crippen molar-refractivity contribution in [3.05, 3.63) is 69.3 Å². The van der Waals surface area contributed by atoms with Crippen molar-refractivity contribution >= 4 is 28.5 Å². The lowest BCUT2D eigenvalue weighted by atomic mass is 9.96. The van der Waals surface area contributed by atoms with Gasteiger partial charge in [0.1, 0.15) is 0 Å². The molecule has 1 unspecified atom stereocenters. The van der Waals surface area contributed by atoms with E-state index in [0.717, 1.165) is 15.6 Å². The molecule has 0 bridgehead atoms. The van der Waals surface area contributed by atoms with E-state index in [1.807, 2.05) is 42.5 Å². The third-order valence-electron chi connectivity index (χ3n) is 3.32. The monoisotopic (exact) mass is 393 g/mol. The first-order valence-corrected chi connectivity index (χ1v) is 8.25. The molecule has 0 aliphatic rings. The summed E-state index contributed by atoms with van der Waals surface area (Å²) in [4.78, 5) is 12.4. The quantitative estimate of drug-likeness (QED) is 0.726. The van der Waals surface area contributed by atoms with Gasteiger partial charge in [0.05, 0.1) is 6.04 Å². The van der Waals surface area contributed by atoms with E-state index >= 15 is 0 Å². The Labute approximate surface area is 140 Å². The number of carbonyl (C=O) groups excluding carboxylic acids is 1. The van der Waals surface area contributed by atoms with Gasteiger partial charge in [0.2, 0.25) is 0 Å². The van der Waals surface area contributed by atoms with Crippen LogP contribution in [0, 0.1) is 9.49 Å². The summed E-state index contributed by atoms with van der Waals surface area (Å²) in [5, 5.41) is 3.16. The molecule has 2 aromatic carbocycles. The van der Waals surface area contributed by atoms with E-state index in [4.69, 9.17) is 0 Å². The van der Waals surface area contributed by atoms with Crippen LogP contribution < -0.4 is 5.32 Å². The van der Waals surface area contributed by atoms with Crippen molar-refractivity contribution in [2.45, 2.75) is 26.3 Å². The summed E-state index contributed by atoms with van der Waals surface area (Å²) < 4.78 is 1.13. The van der Waals surface area contributed by atoms with Gasteiger partial charge in [-0.3, -0.25) is 4.79 Å². The number of carbonyl (C=O) groups is 1. The second-order valence-electron chi connectivity index (χ2n) is 5.57. The number of hydrogen-bond acceptors (Lipinski definition) is 1. The van der Waals surface area contributed by atoms with Gasteiger partial charge in [-0.15, -0.1) is 0 Å². The zero-order valence-corrected chi connectivity index (χ0v) is 14.5. The van der Waals surface area contributed by atoms with E-state index in [1.54, 1.807) is 0 Å². The van der Waals surface area contributed by atoms with Crippen LogP contribution in [0.25, 0.3) is 0 Å². The van der Waals surface area contributed by atoms with E-state index in [9.17, 15) is 4.79 Å². The SMILES string of the molecule is CC(C)CC(NC(=O)c1ccc(I)cc1)c1ccccc1. The van der Waals surface area contributed by atoms with Crippen LogP contribution in [-0.4, -0.2) is 5.91 Å².